The number of nitrogens with one attached hydrogen (secondary N) is 1. The summed E-state index contributed by atoms with van der Waals surface area (Å²) in [6.07, 6.45) is 0.990. The molecule has 0 saturated heterocycles. The Morgan fingerprint density at radius 2 is 1.18 bits per heavy atom. The SMILES string of the molecule is c1ccc2c(c1)Cc1c(c3ccccc3c3ccccc13)N2. The van der Waals surface area contributed by atoms with E-state index >= 15 is 0 Å². The lowest BCUT2D eigenvalue weighted by Crippen LogP contribution is -2.08. The van der Waals surface area contributed by atoms with E-state index in [1.54, 1.807) is 0 Å². The molecule has 0 bridgehead atoms. The number of para-hydroxylation sites is 1. The first-order valence-electron chi connectivity index (χ1n) is 7.69. The van der Waals surface area contributed by atoms with Gasteiger partial charge in [-0.15, -0.1) is 0 Å². The van der Waals surface area contributed by atoms with Crippen molar-refractivity contribution in [1.82, 2.24) is 0 Å². The van der Waals surface area contributed by atoms with Gasteiger partial charge in [-0.25, -0.2) is 0 Å². The van der Waals surface area contributed by atoms with E-state index in [9.17, 15) is 0 Å². The molecule has 0 spiro atoms. The molecule has 0 unspecified atom stereocenters. The van der Waals surface area contributed by atoms with E-state index in [1.165, 1.54) is 44.0 Å². The van der Waals surface area contributed by atoms with Crippen LogP contribution in [0, 0.1) is 0 Å². The van der Waals surface area contributed by atoms with Gasteiger partial charge >= 0.3 is 0 Å². The molecular formula is C21H15N. The van der Waals surface area contributed by atoms with Gasteiger partial charge in [0, 0.05) is 17.5 Å². The Morgan fingerprint density at radius 3 is 2.00 bits per heavy atom. The fraction of sp³-hybridized carbons (Fsp3) is 0.0476. The molecule has 1 N–H and O–H groups in total. The average molecular weight is 281 g/mol. The molecule has 104 valence electrons. The van der Waals surface area contributed by atoms with Crippen LogP contribution in [0.3, 0.4) is 0 Å². The zero-order valence-electron chi connectivity index (χ0n) is 12.1. The first-order chi connectivity index (χ1) is 10.9. The molecule has 22 heavy (non-hydrogen) atoms. The van der Waals surface area contributed by atoms with Crippen molar-refractivity contribution >= 4 is 32.9 Å². The highest BCUT2D eigenvalue weighted by Crippen LogP contribution is 2.42. The highest BCUT2D eigenvalue weighted by molar-refractivity contribution is 6.16. The highest BCUT2D eigenvalue weighted by Gasteiger charge is 2.19. The standard InChI is InChI=1S/C21H15N/c1-6-12-20-14(7-1)13-19-17-10-3-2-8-15(17)16-9-4-5-11-18(16)21(19)22-20/h1-12,22H,13H2. The topological polar surface area (TPSA) is 12.0 Å². The lowest BCUT2D eigenvalue weighted by atomic mass is 9.88. The van der Waals surface area contributed by atoms with Crippen molar-refractivity contribution in [3.8, 4) is 0 Å². The molecule has 1 nitrogen and oxygen atoms in total. The molecule has 1 aliphatic rings. The quantitative estimate of drug-likeness (QED) is 0.362. The number of hydrogen-bond donors (Lipinski definition) is 1. The van der Waals surface area contributed by atoms with E-state index in [2.05, 4.69) is 78.1 Å². The molecule has 0 fully saturated rings. The maximum absolute atomic E-state index is 3.68. The molecule has 1 heteroatoms. The maximum atomic E-state index is 3.68. The normalized spacial score (nSPS) is 12.7. The van der Waals surface area contributed by atoms with Gasteiger partial charge in [-0.05, 0) is 33.4 Å². The van der Waals surface area contributed by atoms with Crippen LogP contribution in [0.15, 0.2) is 72.8 Å². The summed E-state index contributed by atoms with van der Waals surface area (Å²) in [6.45, 7) is 0. The third kappa shape index (κ3) is 1.54. The van der Waals surface area contributed by atoms with Crippen LogP contribution < -0.4 is 5.32 Å². The van der Waals surface area contributed by atoms with Crippen molar-refractivity contribution in [3.05, 3.63) is 83.9 Å². The Balaban J connectivity index is 1.94. The van der Waals surface area contributed by atoms with Gasteiger partial charge in [0.15, 0.2) is 0 Å². The number of fused-ring (bicyclic) bond motifs is 7. The third-order valence-electron chi connectivity index (χ3n) is 4.68. The van der Waals surface area contributed by atoms with E-state index in [1.807, 2.05) is 0 Å². The Labute approximate surface area is 129 Å². The van der Waals surface area contributed by atoms with E-state index in [0.717, 1.165) is 6.42 Å². The average Bonchev–Trinajstić information content (AvgIpc) is 2.61. The summed E-state index contributed by atoms with van der Waals surface area (Å²) in [4.78, 5) is 0. The Bertz CT molecular complexity index is 947. The lowest BCUT2D eigenvalue weighted by molar-refractivity contribution is 1.18. The van der Waals surface area contributed by atoms with Crippen molar-refractivity contribution < 1.29 is 0 Å². The van der Waals surface area contributed by atoms with Crippen LogP contribution in [-0.4, -0.2) is 0 Å². The van der Waals surface area contributed by atoms with Crippen LogP contribution in [0.5, 0.6) is 0 Å². The van der Waals surface area contributed by atoms with E-state index in [0.29, 0.717) is 0 Å². The second-order valence-corrected chi connectivity index (χ2v) is 5.90. The Hall–Kier alpha value is -2.80. The van der Waals surface area contributed by atoms with Crippen molar-refractivity contribution in [1.29, 1.82) is 0 Å². The van der Waals surface area contributed by atoms with Gasteiger partial charge in [0.1, 0.15) is 0 Å². The minimum atomic E-state index is 0.990. The van der Waals surface area contributed by atoms with Gasteiger partial charge in [0.2, 0.25) is 0 Å². The molecule has 0 radical (unpaired) electrons. The molecule has 1 heterocycles. The summed E-state index contributed by atoms with van der Waals surface area (Å²) < 4.78 is 0. The first-order valence-corrected chi connectivity index (χ1v) is 7.69. The van der Waals surface area contributed by atoms with Crippen molar-refractivity contribution in [2.45, 2.75) is 6.42 Å². The summed E-state index contributed by atoms with van der Waals surface area (Å²) >= 11 is 0. The van der Waals surface area contributed by atoms with E-state index < -0.39 is 0 Å². The fourth-order valence-electron chi connectivity index (χ4n) is 3.66. The number of hydrogen-bond acceptors (Lipinski definition) is 1. The maximum Gasteiger partial charge on any atom is 0.0506 e. The van der Waals surface area contributed by atoms with Crippen LogP contribution in [0.4, 0.5) is 11.4 Å². The summed E-state index contributed by atoms with van der Waals surface area (Å²) in [5.74, 6) is 0. The number of rotatable bonds is 0. The third-order valence-corrected chi connectivity index (χ3v) is 4.68. The largest absolute Gasteiger partial charge is 0.355 e. The number of benzene rings is 4. The lowest BCUT2D eigenvalue weighted by Gasteiger charge is -2.25. The molecule has 0 aliphatic carbocycles. The zero-order chi connectivity index (χ0) is 14.5. The fourth-order valence-corrected chi connectivity index (χ4v) is 3.66. The molecule has 5 rings (SSSR count). The number of anilines is 2. The van der Waals surface area contributed by atoms with Crippen molar-refractivity contribution in [3.63, 3.8) is 0 Å². The van der Waals surface area contributed by atoms with Gasteiger partial charge in [-0.3, -0.25) is 0 Å². The van der Waals surface area contributed by atoms with Gasteiger partial charge < -0.3 is 5.32 Å². The first kappa shape index (κ1) is 11.8. The van der Waals surface area contributed by atoms with Crippen molar-refractivity contribution in [2.75, 3.05) is 5.32 Å². The van der Waals surface area contributed by atoms with Gasteiger partial charge in [-0.1, -0.05) is 66.7 Å². The smallest absolute Gasteiger partial charge is 0.0506 e. The van der Waals surface area contributed by atoms with Gasteiger partial charge in [-0.2, -0.15) is 0 Å². The molecule has 4 aromatic rings. The van der Waals surface area contributed by atoms with E-state index in [4.69, 9.17) is 0 Å². The second kappa shape index (κ2) is 4.35. The molecular weight excluding hydrogens is 266 g/mol. The molecule has 0 amide bonds. The van der Waals surface area contributed by atoms with Gasteiger partial charge in [0.25, 0.3) is 0 Å². The van der Waals surface area contributed by atoms with Gasteiger partial charge in [0.05, 0.1) is 5.69 Å². The highest BCUT2D eigenvalue weighted by atomic mass is 14.9. The molecule has 1 aliphatic heterocycles. The minimum Gasteiger partial charge on any atom is -0.355 e. The minimum absolute atomic E-state index is 0.990. The summed E-state index contributed by atoms with van der Waals surface area (Å²) in [6, 6.07) is 26.0. The molecule has 0 saturated carbocycles. The molecule has 0 aromatic heterocycles. The van der Waals surface area contributed by atoms with Crippen LogP contribution in [0.25, 0.3) is 21.5 Å². The van der Waals surface area contributed by atoms with Crippen LogP contribution in [0.2, 0.25) is 0 Å². The monoisotopic (exact) mass is 281 g/mol. The predicted molar refractivity (Wildman–Crippen MR) is 94.0 cm³/mol. The van der Waals surface area contributed by atoms with Crippen molar-refractivity contribution in [2.24, 2.45) is 0 Å². The Kier molecular flexibility index (Phi) is 2.33. The summed E-state index contributed by atoms with van der Waals surface area (Å²) in [5, 5.41) is 9.01. The van der Waals surface area contributed by atoms with Crippen LogP contribution in [-0.2, 0) is 6.42 Å². The predicted octanol–water partition coefficient (Wildman–Crippen LogP) is 5.64. The van der Waals surface area contributed by atoms with Crippen LogP contribution in [0.1, 0.15) is 11.1 Å². The van der Waals surface area contributed by atoms with Crippen LogP contribution >= 0.6 is 0 Å². The summed E-state index contributed by atoms with van der Waals surface area (Å²) in [5.41, 5.74) is 5.28. The van der Waals surface area contributed by atoms with E-state index in [-0.39, 0.29) is 0 Å². The zero-order valence-corrected chi connectivity index (χ0v) is 12.1. The molecule has 4 aromatic carbocycles. The Morgan fingerprint density at radius 1 is 0.591 bits per heavy atom. The summed E-state index contributed by atoms with van der Waals surface area (Å²) in [7, 11) is 0. The molecule has 0 atom stereocenters. The second-order valence-electron chi connectivity index (χ2n) is 5.90.